The summed E-state index contributed by atoms with van der Waals surface area (Å²) in [5.74, 6) is -0.575. The first-order chi connectivity index (χ1) is 12.5. The molecule has 7 heteroatoms. The number of nitrogens with one attached hydrogen (secondary N) is 2. The minimum Gasteiger partial charge on any atom is -0.321 e. The van der Waals surface area contributed by atoms with Gasteiger partial charge in [0.2, 0.25) is 0 Å². The van der Waals surface area contributed by atoms with E-state index in [1.807, 2.05) is 19.1 Å². The SMILES string of the molecule is Cc1ccccc1C(=O)Nc1ccc(NC(=O)c2ccccn2)cc1Cl.Cl. The molecule has 0 aliphatic heterocycles. The highest BCUT2D eigenvalue weighted by Gasteiger charge is 2.12. The largest absolute Gasteiger partial charge is 0.321 e. The summed E-state index contributed by atoms with van der Waals surface area (Å²) in [6.45, 7) is 1.87. The summed E-state index contributed by atoms with van der Waals surface area (Å²) >= 11 is 6.25. The third kappa shape index (κ3) is 5.06. The number of pyridine rings is 1. The van der Waals surface area contributed by atoms with Crippen molar-refractivity contribution < 1.29 is 9.59 Å². The maximum absolute atomic E-state index is 12.4. The van der Waals surface area contributed by atoms with Crippen LogP contribution in [0.3, 0.4) is 0 Å². The van der Waals surface area contributed by atoms with Gasteiger partial charge in [0.25, 0.3) is 11.8 Å². The van der Waals surface area contributed by atoms with Crippen molar-refractivity contribution in [1.29, 1.82) is 0 Å². The summed E-state index contributed by atoms with van der Waals surface area (Å²) in [5, 5.41) is 5.83. The van der Waals surface area contributed by atoms with Gasteiger partial charge in [-0.3, -0.25) is 14.6 Å². The summed E-state index contributed by atoms with van der Waals surface area (Å²) in [7, 11) is 0. The van der Waals surface area contributed by atoms with Crippen molar-refractivity contribution >= 4 is 47.2 Å². The van der Waals surface area contributed by atoms with E-state index in [1.54, 1.807) is 54.7 Å². The van der Waals surface area contributed by atoms with Gasteiger partial charge in [-0.1, -0.05) is 35.9 Å². The highest BCUT2D eigenvalue weighted by Crippen LogP contribution is 2.26. The minimum atomic E-state index is -0.335. The zero-order valence-electron chi connectivity index (χ0n) is 14.4. The molecule has 3 rings (SSSR count). The summed E-state index contributed by atoms with van der Waals surface area (Å²) < 4.78 is 0. The van der Waals surface area contributed by atoms with Crippen molar-refractivity contribution in [2.45, 2.75) is 6.92 Å². The number of carbonyl (C=O) groups excluding carboxylic acids is 2. The highest BCUT2D eigenvalue weighted by atomic mass is 35.5. The molecule has 1 aromatic heterocycles. The van der Waals surface area contributed by atoms with Crippen LogP contribution in [0.1, 0.15) is 26.4 Å². The third-order valence-electron chi connectivity index (χ3n) is 3.76. The Morgan fingerprint density at radius 1 is 0.926 bits per heavy atom. The second-order valence-corrected chi connectivity index (χ2v) is 6.04. The first kappa shape index (κ1) is 20.4. The first-order valence-electron chi connectivity index (χ1n) is 7.93. The number of nitrogens with zero attached hydrogens (tertiary/aromatic N) is 1. The van der Waals surface area contributed by atoms with Crippen LogP contribution >= 0.6 is 24.0 Å². The van der Waals surface area contributed by atoms with E-state index in [4.69, 9.17) is 11.6 Å². The van der Waals surface area contributed by atoms with E-state index >= 15 is 0 Å². The van der Waals surface area contributed by atoms with Crippen LogP contribution < -0.4 is 10.6 Å². The van der Waals surface area contributed by atoms with E-state index < -0.39 is 0 Å². The van der Waals surface area contributed by atoms with Crippen LogP contribution in [0.5, 0.6) is 0 Å². The number of rotatable bonds is 4. The smallest absolute Gasteiger partial charge is 0.274 e. The van der Waals surface area contributed by atoms with Crippen molar-refractivity contribution in [2.24, 2.45) is 0 Å². The molecular weight excluding hydrogens is 385 g/mol. The van der Waals surface area contributed by atoms with Crippen LogP contribution in [0.15, 0.2) is 66.9 Å². The predicted octanol–water partition coefficient (Wildman–Crippen LogP) is 4.97. The van der Waals surface area contributed by atoms with E-state index in [0.717, 1.165) is 5.56 Å². The third-order valence-corrected chi connectivity index (χ3v) is 4.08. The van der Waals surface area contributed by atoms with Crippen molar-refractivity contribution in [3.63, 3.8) is 0 Å². The number of anilines is 2. The molecular formula is C20H17Cl2N3O2. The normalized spacial score (nSPS) is 9.85. The maximum Gasteiger partial charge on any atom is 0.274 e. The first-order valence-corrected chi connectivity index (χ1v) is 8.31. The van der Waals surface area contributed by atoms with Gasteiger partial charge in [0.1, 0.15) is 5.69 Å². The number of benzene rings is 2. The van der Waals surface area contributed by atoms with Gasteiger partial charge in [-0.05, 0) is 48.9 Å². The molecule has 0 aliphatic rings. The monoisotopic (exact) mass is 401 g/mol. The number of hydrogen-bond acceptors (Lipinski definition) is 3. The molecule has 27 heavy (non-hydrogen) atoms. The topological polar surface area (TPSA) is 71.1 Å². The van der Waals surface area contributed by atoms with Gasteiger partial charge in [0.15, 0.2) is 0 Å². The molecule has 0 fully saturated rings. The molecule has 0 saturated carbocycles. The fourth-order valence-corrected chi connectivity index (χ4v) is 2.63. The Kier molecular flexibility index (Phi) is 6.93. The fraction of sp³-hybridized carbons (Fsp3) is 0.0500. The van der Waals surface area contributed by atoms with E-state index in [-0.39, 0.29) is 24.2 Å². The predicted molar refractivity (Wildman–Crippen MR) is 110 cm³/mol. The Morgan fingerprint density at radius 3 is 2.33 bits per heavy atom. The Morgan fingerprint density at radius 2 is 1.67 bits per heavy atom. The number of hydrogen-bond donors (Lipinski definition) is 2. The molecule has 0 radical (unpaired) electrons. The molecule has 0 unspecified atom stereocenters. The summed E-state index contributed by atoms with van der Waals surface area (Å²) in [4.78, 5) is 28.5. The molecule has 5 nitrogen and oxygen atoms in total. The van der Waals surface area contributed by atoms with Gasteiger partial charge in [0.05, 0.1) is 10.7 Å². The Balaban J connectivity index is 0.00000261. The molecule has 0 spiro atoms. The van der Waals surface area contributed by atoms with Gasteiger partial charge in [0, 0.05) is 17.4 Å². The minimum absolute atomic E-state index is 0. The molecule has 0 bridgehead atoms. The summed E-state index contributed by atoms with van der Waals surface area (Å²) in [6, 6.07) is 17.3. The lowest BCUT2D eigenvalue weighted by atomic mass is 10.1. The molecule has 138 valence electrons. The van der Waals surface area contributed by atoms with Gasteiger partial charge in [-0.2, -0.15) is 0 Å². The molecule has 2 amide bonds. The zero-order chi connectivity index (χ0) is 18.5. The molecule has 0 aliphatic carbocycles. The lowest BCUT2D eigenvalue weighted by Gasteiger charge is -2.11. The molecule has 0 atom stereocenters. The average molecular weight is 402 g/mol. The molecule has 3 aromatic rings. The van der Waals surface area contributed by atoms with Crippen LogP contribution in [0, 0.1) is 6.92 Å². The Labute approximate surface area is 168 Å². The second-order valence-electron chi connectivity index (χ2n) is 5.63. The Bertz CT molecular complexity index is 962. The lowest BCUT2D eigenvalue weighted by Crippen LogP contribution is -2.15. The second kappa shape index (κ2) is 9.16. The maximum atomic E-state index is 12.4. The standard InChI is InChI=1S/C20H16ClN3O2.ClH/c1-13-6-2-3-7-15(13)19(25)24-17-10-9-14(12-16(17)21)23-20(26)18-8-4-5-11-22-18;/h2-12H,1H3,(H,23,26)(H,24,25);1H. The van der Waals surface area contributed by atoms with E-state index in [1.165, 1.54) is 0 Å². The van der Waals surface area contributed by atoms with Crippen LogP contribution in [0.25, 0.3) is 0 Å². The number of carbonyl (C=O) groups is 2. The molecule has 2 aromatic carbocycles. The van der Waals surface area contributed by atoms with Crippen molar-refractivity contribution in [2.75, 3.05) is 10.6 Å². The number of aromatic nitrogens is 1. The number of halogens is 2. The van der Waals surface area contributed by atoms with Crippen molar-refractivity contribution in [3.8, 4) is 0 Å². The quantitative estimate of drug-likeness (QED) is 0.647. The number of amides is 2. The highest BCUT2D eigenvalue weighted by molar-refractivity contribution is 6.34. The lowest BCUT2D eigenvalue weighted by molar-refractivity contribution is 0.101. The molecule has 0 saturated heterocycles. The van der Waals surface area contributed by atoms with Gasteiger partial charge >= 0.3 is 0 Å². The van der Waals surface area contributed by atoms with Crippen LogP contribution in [-0.4, -0.2) is 16.8 Å². The Hall–Kier alpha value is -2.89. The summed E-state index contributed by atoms with van der Waals surface area (Å²) in [5.41, 5.74) is 2.74. The van der Waals surface area contributed by atoms with Gasteiger partial charge in [-0.15, -0.1) is 12.4 Å². The van der Waals surface area contributed by atoms with E-state index in [9.17, 15) is 9.59 Å². The van der Waals surface area contributed by atoms with E-state index in [2.05, 4.69) is 15.6 Å². The molecule has 1 heterocycles. The average Bonchev–Trinajstić information content (AvgIpc) is 2.65. The zero-order valence-corrected chi connectivity index (χ0v) is 16.0. The fourth-order valence-electron chi connectivity index (χ4n) is 2.40. The number of aryl methyl sites for hydroxylation is 1. The van der Waals surface area contributed by atoms with Crippen LogP contribution in [-0.2, 0) is 0 Å². The van der Waals surface area contributed by atoms with Gasteiger partial charge < -0.3 is 10.6 Å². The van der Waals surface area contributed by atoms with Crippen LogP contribution in [0.4, 0.5) is 11.4 Å². The summed E-state index contributed by atoms with van der Waals surface area (Å²) in [6.07, 6.45) is 1.55. The van der Waals surface area contributed by atoms with E-state index in [0.29, 0.717) is 27.7 Å². The molecule has 2 N–H and O–H groups in total. The van der Waals surface area contributed by atoms with Crippen molar-refractivity contribution in [3.05, 3.63) is 88.7 Å². The van der Waals surface area contributed by atoms with Crippen molar-refractivity contribution in [1.82, 2.24) is 4.98 Å². The van der Waals surface area contributed by atoms with Crippen LogP contribution in [0.2, 0.25) is 5.02 Å². The van der Waals surface area contributed by atoms with Gasteiger partial charge in [-0.25, -0.2) is 0 Å².